The summed E-state index contributed by atoms with van der Waals surface area (Å²) >= 11 is 0. The first-order valence-electron chi connectivity index (χ1n) is 9.07. The number of benzene rings is 2. The highest BCUT2D eigenvalue weighted by molar-refractivity contribution is 5.48. The number of aromatic hydroxyl groups is 1. The number of phenols is 1. The second-order valence-electron chi connectivity index (χ2n) is 6.86. The monoisotopic (exact) mass is 357 g/mol. The molecule has 0 radical (unpaired) electrons. The fourth-order valence-corrected chi connectivity index (χ4v) is 3.59. The van der Waals surface area contributed by atoms with Gasteiger partial charge in [-0.3, -0.25) is 0 Å². The number of phenolic OH excluding ortho intramolecular Hbond substituents is 1. The molecule has 0 bridgehead atoms. The number of anilines is 1. The van der Waals surface area contributed by atoms with Crippen LogP contribution in [0.4, 0.5) is 5.82 Å². The molecule has 6 heteroatoms. The molecule has 2 aromatic heterocycles. The summed E-state index contributed by atoms with van der Waals surface area (Å²) in [5, 5.41) is 22.8. The molecule has 3 heterocycles. The summed E-state index contributed by atoms with van der Waals surface area (Å²) in [7, 11) is 0. The molecular formula is C21H19N5O. The Balaban J connectivity index is 1.46. The molecule has 134 valence electrons. The maximum atomic E-state index is 9.45. The van der Waals surface area contributed by atoms with Gasteiger partial charge in [0.15, 0.2) is 11.5 Å². The quantitative estimate of drug-likeness (QED) is 0.611. The molecule has 0 saturated carbocycles. The van der Waals surface area contributed by atoms with Gasteiger partial charge in [0, 0.05) is 19.5 Å². The standard InChI is InChI=1S/C21H19N5O/c27-18-7-5-15(6-8-18)13-21-23-22-19-9-10-20(24-26(19)21)25-12-11-16-3-1-2-4-17(16)14-25/h1-10,27H,11-14H2. The average molecular weight is 357 g/mol. The Morgan fingerprint density at radius 1 is 0.889 bits per heavy atom. The third-order valence-corrected chi connectivity index (χ3v) is 5.07. The van der Waals surface area contributed by atoms with E-state index in [4.69, 9.17) is 5.10 Å². The van der Waals surface area contributed by atoms with Crippen LogP contribution in [0, 0.1) is 0 Å². The molecule has 1 aliphatic rings. The summed E-state index contributed by atoms with van der Waals surface area (Å²) in [4.78, 5) is 2.30. The zero-order valence-electron chi connectivity index (χ0n) is 14.8. The third kappa shape index (κ3) is 2.99. The van der Waals surface area contributed by atoms with Gasteiger partial charge in [0.2, 0.25) is 0 Å². The molecule has 0 saturated heterocycles. The van der Waals surface area contributed by atoms with Gasteiger partial charge in [0.05, 0.1) is 0 Å². The summed E-state index contributed by atoms with van der Waals surface area (Å²) < 4.78 is 1.82. The van der Waals surface area contributed by atoms with Crippen LogP contribution >= 0.6 is 0 Å². The van der Waals surface area contributed by atoms with Gasteiger partial charge in [-0.05, 0) is 47.4 Å². The number of fused-ring (bicyclic) bond motifs is 2. The predicted octanol–water partition coefficient (Wildman–Crippen LogP) is 2.98. The molecule has 0 atom stereocenters. The molecule has 0 unspecified atom stereocenters. The van der Waals surface area contributed by atoms with Gasteiger partial charge < -0.3 is 10.0 Å². The first-order chi connectivity index (χ1) is 13.3. The molecule has 0 spiro atoms. The van der Waals surface area contributed by atoms with E-state index in [9.17, 15) is 5.11 Å². The maximum absolute atomic E-state index is 9.45. The van der Waals surface area contributed by atoms with Crippen molar-refractivity contribution in [1.82, 2.24) is 19.8 Å². The van der Waals surface area contributed by atoms with Crippen LogP contribution in [0.25, 0.3) is 5.65 Å². The lowest BCUT2D eigenvalue weighted by atomic mass is 10.00. The minimum atomic E-state index is 0.260. The van der Waals surface area contributed by atoms with E-state index < -0.39 is 0 Å². The van der Waals surface area contributed by atoms with Crippen molar-refractivity contribution in [2.24, 2.45) is 0 Å². The average Bonchev–Trinajstić information content (AvgIpc) is 3.11. The lowest BCUT2D eigenvalue weighted by Gasteiger charge is -2.29. The molecule has 2 aromatic carbocycles. The topological polar surface area (TPSA) is 66.6 Å². The Bertz CT molecular complexity index is 1100. The Kier molecular flexibility index (Phi) is 3.74. The Morgan fingerprint density at radius 3 is 2.56 bits per heavy atom. The second kappa shape index (κ2) is 6.39. The number of rotatable bonds is 3. The highest BCUT2D eigenvalue weighted by atomic mass is 16.3. The van der Waals surface area contributed by atoms with Crippen LogP contribution in [0.1, 0.15) is 22.5 Å². The van der Waals surface area contributed by atoms with Crippen molar-refractivity contribution in [3.63, 3.8) is 0 Å². The number of hydrogen-bond acceptors (Lipinski definition) is 5. The van der Waals surface area contributed by atoms with E-state index in [0.717, 1.165) is 42.4 Å². The molecule has 0 amide bonds. The van der Waals surface area contributed by atoms with Crippen molar-refractivity contribution < 1.29 is 5.11 Å². The smallest absolute Gasteiger partial charge is 0.178 e. The van der Waals surface area contributed by atoms with E-state index in [-0.39, 0.29) is 5.75 Å². The van der Waals surface area contributed by atoms with Gasteiger partial charge in [0.25, 0.3) is 0 Å². The van der Waals surface area contributed by atoms with Gasteiger partial charge in [-0.2, -0.15) is 4.52 Å². The maximum Gasteiger partial charge on any atom is 0.178 e. The van der Waals surface area contributed by atoms with Gasteiger partial charge in [-0.25, -0.2) is 0 Å². The van der Waals surface area contributed by atoms with Crippen molar-refractivity contribution in [2.75, 3.05) is 11.4 Å². The zero-order valence-corrected chi connectivity index (χ0v) is 14.8. The molecule has 5 rings (SSSR count). The third-order valence-electron chi connectivity index (χ3n) is 5.07. The van der Waals surface area contributed by atoms with Crippen LogP contribution in [-0.2, 0) is 19.4 Å². The molecule has 4 aromatic rings. The first kappa shape index (κ1) is 15.8. The van der Waals surface area contributed by atoms with Crippen LogP contribution < -0.4 is 4.90 Å². The lowest BCUT2D eigenvalue weighted by Crippen LogP contribution is -2.31. The zero-order chi connectivity index (χ0) is 18.2. The number of nitrogens with zero attached hydrogens (tertiary/aromatic N) is 5. The van der Waals surface area contributed by atoms with Gasteiger partial charge in [0.1, 0.15) is 11.6 Å². The predicted molar refractivity (Wildman–Crippen MR) is 103 cm³/mol. The van der Waals surface area contributed by atoms with Crippen LogP contribution in [0.2, 0.25) is 0 Å². The van der Waals surface area contributed by atoms with Gasteiger partial charge >= 0.3 is 0 Å². The Morgan fingerprint density at radius 2 is 1.70 bits per heavy atom. The second-order valence-corrected chi connectivity index (χ2v) is 6.86. The Labute approximate surface area is 156 Å². The van der Waals surface area contributed by atoms with Crippen LogP contribution in [0.5, 0.6) is 5.75 Å². The minimum absolute atomic E-state index is 0.260. The van der Waals surface area contributed by atoms with E-state index in [1.54, 1.807) is 12.1 Å². The van der Waals surface area contributed by atoms with Crippen LogP contribution in [0.15, 0.2) is 60.7 Å². The van der Waals surface area contributed by atoms with Crippen molar-refractivity contribution >= 4 is 11.5 Å². The molecule has 0 fully saturated rings. The summed E-state index contributed by atoms with van der Waals surface area (Å²) in [5.41, 5.74) is 4.58. The van der Waals surface area contributed by atoms with E-state index >= 15 is 0 Å². The van der Waals surface area contributed by atoms with E-state index in [1.165, 1.54) is 11.1 Å². The van der Waals surface area contributed by atoms with Crippen LogP contribution in [-0.4, -0.2) is 31.5 Å². The molecule has 0 aliphatic carbocycles. The van der Waals surface area contributed by atoms with Crippen molar-refractivity contribution in [2.45, 2.75) is 19.4 Å². The molecule has 6 nitrogen and oxygen atoms in total. The van der Waals surface area contributed by atoms with Gasteiger partial charge in [-0.1, -0.05) is 36.4 Å². The summed E-state index contributed by atoms with van der Waals surface area (Å²) in [6.07, 6.45) is 1.64. The normalized spacial score (nSPS) is 13.7. The number of hydrogen-bond donors (Lipinski definition) is 1. The molecular weight excluding hydrogens is 338 g/mol. The Hall–Kier alpha value is -3.41. The van der Waals surface area contributed by atoms with Crippen molar-refractivity contribution in [3.05, 3.63) is 83.2 Å². The number of aromatic nitrogens is 4. The van der Waals surface area contributed by atoms with Gasteiger partial charge in [-0.15, -0.1) is 15.3 Å². The van der Waals surface area contributed by atoms with Crippen molar-refractivity contribution in [1.29, 1.82) is 0 Å². The van der Waals surface area contributed by atoms with E-state index in [0.29, 0.717) is 6.42 Å². The van der Waals surface area contributed by atoms with E-state index in [1.807, 2.05) is 28.8 Å². The molecule has 1 N–H and O–H groups in total. The summed E-state index contributed by atoms with van der Waals surface area (Å²) in [6.45, 7) is 1.81. The highest BCUT2D eigenvalue weighted by Gasteiger charge is 2.18. The fraction of sp³-hybridized carbons (Fsp3) is 0.190. The highest BCUT2D eigenvalue weighted by Crippen LogP contribution is 2.23. The molecule has 1 aliphatic heterocycles. The van der Waals surface area contributed by atoms with E-state index in [2.05, 4.69) is 39.4 Å². The molecule has 27 heavy (non-hydrogen) atoms. The fourth-order valence-electron chi connectivity index (χ4n) is 3.59. The first-order valence-corrected chi connectivity index (χ1v) is 9.07. The summed E-state index contributed by atoms with van der Waals surface area (Å²) in [6, 6.07) is 19.7. The summed E-state index contributed by atoms with van der Waals surface area (Å²) in [5.74, 6) is 1.98. The minimum Gasteiger partial charge on any atom is -0.508 e. The van der Waals surface area contributed by atoms with Crippen LogP contribution in [0.3, 0.4) is 0 Å². The lowest BCUT2D eigenvalue weighted by molar-refractivity contribution is 0.475. The largest absolute Gasteiger partial charge is 0.508 e. The SMILES string of the molecule is Oc1ccc(Cc2nnc3ccc(N4CCc5ccccc5C4)nn23)cc1. The van der Waals surface area contributed by atoms with Crippen molar-refractivity contribution in [3.8, 4) is 5.75 Å².